The first-order valence-electron chi connectivity index (χ1n) is 5.73. The van der Waals surface area contributed by atoms with Crippen LogP contribution in [0.25, 0.3) is 0 Å². The van der Waals surface area contributed by atoms with E-state index in [0.29, 0.717) is 11.5 Å². The van der Waals surface area contributed by atoms with E-state index >= 15 is 0 Å². The minimum absolute atomic E-state index is 0.0167. The molecule has 1 aromatic carbocycles. The minimum atomic E-state index is -0.0537. The van der Waals surface area contributed by atoms with E-state index in [1.54, 1.807) is 6.20 Å². The van der Waals surface area contributed by atoms with Gasteiger partial charge in [0.2, 0.25) is 5.91 Å². The molecule has 18 heavy (non-hydrogen) atoms. The number of nitrogens with zero attached hydrogens (tertiary/aromatic N) is 2. The molecular formula is C12H12N4OS. The molecule has 1 atom stereocenters. The van der Waals surface area contributed by atoms with E-state index in [-0.39, 0.29) is 11.8 Å². The summed E-state index contributed by atoms with van der Waals surface area (Å²) in [5, 5.41) is 10.5. The van der Waals surface area contributed by atoms with Crippen LogP contribution < -0.4 is 10.6 Å². The lowest BCUT2D eigenvalue weighted by Crippen LogP contribution is -2.33. The predicted octanol–water partition coefficient (Wildman–Crippen LogP) is 1.76. The molecule has 2 N–H and O–H groups in total. The summed E-state index contributed by atoms with van der Waals surface area (Å²) >= 11 is 1.19. The monoisotopic (exact) mass is 260 g/mol. The van der Waals surface area contributed by atoms with Crippen molar-refractivity contribution in [1.29, 1.82) is 0 Å². The second kappa shape index (κ2) is 4.73. The topological polar surface area (TPSA) is 66.9 Å². The lowest BCUT2D eigenvalue weighted by atomic mass is 9.93. The highest BCUT2D eigenvalue weighted by Gasteiger charge is 2.24. The third-order valence-corrected chi connectivity index (χ3v) is 3.58. The average Bonchev–Trinajstić information content (AvgIpc) is 2.91. The highest BCUT2D eigenvalue weighted by molar-refractivity contribution is 7.10. The summed E-state index contributed by atoms with van der Waals surface area (Å²) in [6.07, 6.45) is 2.33. The summed E-state index contributed by atoms with van der Waals surface area (Å²) in [7, 11) is 0. The van der Waals surface area contributed by atoms with E-state index in [2.05, 4.69) is 26.3 Å². The molecule has 0 saturated heterocycles. The van der Waals surface area contributed by atoms with Gasteiger partial charge in [-0.25, -0.2) is 0 Å². The number of carbonyl (C=O) groups is 1. The van der Waals surface area contributed by atoms with E-state index in [9.17, 15) is 4.79 Å². The van der Waals surface area contributed by atoms with Crippen LogP contribution in [0.1, 0.15) is 5.56 Å². The Kier molecular flexibility index (Phi) is 2.93. The Bertz CT molecular complexity index is 555. The zero-order chi connectivity index (χ0) is 12.4. The van der Waals surface area contributed by atoms with Gasteiger partial charge in [-0.1, -0.05) is 22.7 Å². The number of hydrogen-bond acceptors (Lipinski definition) is 5. The van der Waals surface area contributed by atoms with E-state index in [0.717, 1.165) is 12.1 Å². The van der Waals surface area contributed by atoms with Crippen molar-refractivity contribution in [3.05, 3.63) is 36.0 Å². The lowest BCUT2D eigenvalue weighted by Gasteiger charge is -2.24. The summed E-state index contributed by atoms with van der Waals surface area (Å²) in [5.41, 5.74) is 2.31. The largest absolute Gasteiger partial charge is 0.384 e. The molecular weight excluding hydrogens is 248 g/mol. The van der Waals surface area contributed by atoms with E-state index < -0.39 is 0 Å². The minimum Gasteiger partial charge on any atom is -0.384 e. The fourth-order valence-electron chi connectivity index (χ4n) is 2.07. The molecule has 1 unspecified atom stereocenters. The molecule has 2 heterocycles. The number of para-hydroxylation sites is 1. The van der Waals surface area contributed by atoms with Crippen LogP contribution in [0.2, 0.25) is 0 Å². The van der Waals surface area contributed by atoms with Crippen LogP contribution in [0.5, 0.6) is 0 Å². The smallest absolute Gasteiger partial charge is 0.230 e. The Morgan fingerprint density at radius 3 is 3.17 bits per heavy atom. The standard InChI is InChI=1S/C12H12N4OS/c17-12(15-11-7-14-16-18-11)9-5-8-3-1-2-4-10(8)13-6-9/h1-4,7,9,13H,5-6H2,(H,15,17). The number of carbonyl (C=O) groups excluding carboxylic acids is 1. The van der Waals surface area contributed by atoms with Crippen LogP contribution in [-0.4, -0.2) is 22.0 Å². The van der Waals surface area contributed by atoms with Crippen molar-refractivity contribution in [3.63, 3.8) is 0 Å². The van der Waals surface area contributed by atoms with Crippen molar-refractivity contribution in [1.82, 2.24) is 9.59 Å². The van der Waals surface area contributed by atoms with E-state index in [1.165, 1.54) is 17.1 Å². The summed E-state index contributed by atoms with van der Waals surface area (Å²) in [6, 6.07) is 8.08. The highest BCUT2D eigenvalue weighted by Crippen LogP contribution is 2.25. The van der Waals surface area contributed by atoms with Crippen LogP contribution in [0, 0.1) is 5.92 Å². The van der Waals surface area contributed by atoms with Gasteiger partial charge in [-0.2, -0.15) is 0 Å². The molecule has 0 spiro atoms. The van der Waals surface area contributed by atoms with Crippen molar-refractivity contribution in [2.45, 2.75) is 6.42 Å². The molecule has 1 aliphatic rings. The number of hydrogen-bond donors (Lipinski definition) is 2. The van der Waals surface area contributed by atoms with Gasteiger partial charge in [-0.15, -0.1) is 5.10 Å². The van der Waals surface area contributed by atoms with Crippen molar-refractivity contribution in [2.24, 2.45) is 5.92 Å². The van der Waals surface area contributed by atoms with Gasteiger partial charge in [0.1, 0.15) is 5.00 Å². The number of fused-ring (bicyclic) bond motifs is 1. The van der Waals surface area contributed by atoms with Gasteiger partial charge >= 0.3 is 0 Å². The van der Waals surface area contributed by atoms with E-state index in [4.69, 9.17) is 0 Å². The van der Waals surface area contributed by atoms with Crippen LogP contribution in [-0.2, 0) is 11.2 Å². The average molecular weight is 260 g/mol. The van der Waals surface area contributed by atoms with Gasteiger partial charge in [-0.05, 0) is 18.1 Å². The number of amides is 1. The zero-order valence-electron chi connectivity index (χ0n) is 9.59. The third kappa shape index (κ3) is 2.19. The maximum Gasteiger partial charge on any atom is 0.230 e. The predicted molar refractivity (Wildman–Crippen MR) is 70.7 cm³/mol. The van der Waals surface area contributed by atoms with Gasteiger partial charge in [0, 0.05) is 23.8 Å². The summed E-state index contributed by atoms with van der Waals surface area (Å²) in [4.78, 5) is 12.1. The Morgan fingerprint density at radius 2 is 2.33 bits per heavy atom. The summed E-state index contributed by atoms with van der Waals surface area (Å²) in [5.74, 6) is -0.0370. The Hall–Kier alpha value is -1.95. The molecule has 1 amide bonds. The van der Waals surface area contributed by atoms with Crippen LogP contribution >= 0.6 is 11.5 Å². The molecule has 2 aromatic rings. The van der Waals surface area contributed by atoms with Crippen LogP contribution in [0.15, 0.2) is 30.5 Å². The molecule has 0 saturated carbocycles. The first-order valence-corrected chi connectivity index (χ1v) is 6.50. The van der Waals surface area contributed by atoms with Gasteiger partial charge in [0.05, 0.1) is 12.1 Å². The quantitative estimate of drug-likeness (QED) is 0.863. The van der Waals surface area contributed by atoms with Gasteiger partial charge in [0.15, 0.2) is 0 Å². The number of nitrogens with one attached hydrogen (secondary N) is 2. The van der Waals surface area contributed by atoms with Crippen molar-refractivity contribution in [2.75, 3.05) is 17.2 Å². The maximum atomic E-state index is 12.1. The first kappa shape index (κ1) is 11.2. The Balaban J connectivity index is 1.70. The SMILES string of the molecule is O=C(Nc1cnns1)C1CNc2ccccc2C1. The molecule has 1 aromatic heterocycles. The normalized spacial score (nSPS) is 17.7. The number of benzene rings is 1. The van der Waals surface area contributed by atoms with Crippen LogP contribution in [0.3, 0.4) is 0 Å². The lowest BCUT2D eigenvalue weighted by molar-refractivity contribution is -0.119. The highest BCUT2D eigenvalue weighted by atomic mass is 32.1. The maximum absolute atomic E-state index is 12.1. The number of rotatable bonds is 2. The third-order valence-electron chi connectivity index (χ3n) is 3.00. The first-order chi connectivity index (χ1) is 8.83. The molecule has 3 rings (SSSR count). The van der Waals surface area contributed by atoms with Crippen molar-refractivity contribution >= 4 is 28.1 Å². The molecule has 92 valence electrons. The van der Waals surface area contributed by atoms with Crippen molar-refractivity contribution in [3.8, 4) is 0 Å². The van der Waals surface area contributed by atoms with Gasteiger partial charge in [0.25, 0.3) is 0 Å². The number of anilines is 2. The molecule has 0 bridgehead atoms. The second-order valence-electron chi connectivity index (χ2n) is 4.21. The molecule has 0 radical (unpaired) electrons. The Morgan fingerprint density at radius 1 is 1.44 bits per heavy atom. The molecule has 6 heteroatoms. The zero-order valence-corrected chi connectivity index (χ0v) is 10.4. The molecule has 0 aliphatic carbocycles. The van der Waals surface area contributed by atoms with Crippen LogP contribution in [0.4, 0.5) is 10.7 Å². The van der Waals surface area contributed by atoms with Gasteiger partial charge in [-0.3, -0.25) is 4.79 Å². The fraction of sp³-hybridized carbons (Fsp3) is 0.250. The van der Waals surface area contributed by atoms with Gasteiger partial charge < -0.3 is 10.6 Å². The molecule has 1 aliphatic heterocycles. The molecule has 0 fully saturated rings. The fourth-order valence-corrected chi connectivity index (χ4v) is 2.50. The number of aromatic nitrogens is 2. The second-order valence-corrected chi connectivity index (χ2v) is 5.00. The van der Waals surface area contributed by atoms with E-state index in [1.807, 2.05) is 18.2 Å². The summed E-state index contributed by atoms with van der Waals surface area (Å²) in [6.45, 7) is 0.662. The van der Waals surface area contributed by atoms with Crippen molar-refractivity contribution < 1.29 is 4.79 Å². The molecule has 5 nitrogen and oxygen atoms in total. The Labute approximate surface area is 108 Å². The summed E-state index contributed by atoms with van der Waals surface area (Å²) < 4.78 is 3.72.